The molecule has 0 heterocycles. The van der Waals surface area contributed by atoms with Gasteiger partial charge >= 0.3 is 0 Å². The van der Waals surface area contributed by atoms with E-state index in [4.69, 9.17) is 0 Å². The lowest BCUT2D eigenvalue weighted by atomic mass is 9.86. The first-order valence-electron chi connectivity index (χ1n) is 6.59. The summed E-state index contributed by atoms with van der Waals surface area (Å²) in [6.07, 6.45) is 4.24. The van der Waals surface area contributed by atoms with Crippen LogP contribution in [0.5, 0.6) is 0 Å². The smallest absolute Gasteiger partial charge is 0.0129 e. The van der Waals surface area contributed by atoms with Crippen LogP contribution >= 0.6 is 0 Å². The molecule has 1 aromatic carbocycles. The minimum atomic E-state index is 0.249. The molecule has 0 aliphatic carbocycles. The van der Waals surface area contributed by atoms with Crippen LogP contribution in [-0.4, -0.2) is 0 Å². The molecule has 0 aliphatic heterocycles. The van der Waals surface area contributed by atoms with E-state index in [1.807, 2.05) is 0 Å². The monoisotopic (exact) mass is 228 g/mol. The van der Waals surface area contributed by atoms with Crippen LogP contribution in [0.2, 0.25) is 0 Å². The van der Waals surface area contributed by atoms with Gasteiger partial charge in [-0.3, -0.25) is 0 Å². The summed E-state index contributed by atoms with van der Waals surface area (Å²) in [5, 5.41) is 0. The third-order valence-electron chi connectivity index (χ3n) is 2.86. The standard InChI is InChI=1S/C17H24/c1-5-6-7-8-9-10-15-11-13-16(14-12-15)17(2,3)4/h11-14H,5-6,9-10H2,1-4H3. The number of benzene rings is 1. The van der Waals surface area contributed by atoms with Crippen molar-refractivity contribution in [3.05, 3.63) is 35.4 Å². The van der Waals surface area contributed by atoms with Gasteiger partial charge in [0.2, 0.25) is 0 Å². The summed E-state index contributed by atoms with van der Waals surface area (Å²) < 4.78 is 0. The summed E-state index contributed by atoms with van der Waals surface area (Å²) in [6.45, 7) is 8.91. The molecule has 0 bridgehead atoms. The molecule has 0 atom stereocenters. The number of aryl methyl sites for hydroxylation is 1. The van der Waals surface area contributed by atoms with Crippen molar-refractivity contribution in [1.82, 2.24) is 0 Å². The van der Waals surface area contributed by atoms with Gasteiger partial charge in [0, 0.05) is 12.8 Å². The first-order chi connectivity index (χ1) is 8.04. The Bertz CT molecular complexity index is 379. The van der Waals surface area contributed by atoms with Gasteiger partial charge in [-0.1, -0.05) is 52.0 Å². The minimum Gasteiger partial charge on any atom is -0.103 e. The first kappa shape index (κ1) is 13.8. The normalized spacial score (nSPS) is 10.8. The molecule has 0 aromatic heterocycles. The molecule has 0 heteroatoms. The Morgan fingerprint density at radius 2 is 1.53 bits per heavy atom. The molecule has 17 heavy (non-hydrogen) atoms. The lowest BCUT2D eigenvalue weighted by molar-refractivity contribution is 0.590. The van der Waals surface area contributed by atoms with Crippen molar-refractivity contribution in [3.63, 3.8) is 0 Å². The molecule has 1 aromatic rings. The Morgan fingerprint density at radius 1 is 0.941 bits per heavy atom. The van der Waals surface area contributed by atoms with Crippen molar-refractivity contribution in [2.24, 2.45) is 0 Å². The van der Waals surface area contributed by atoms with Crippen LogP contribution in [0.15, 0.2) is 24.3 Å². The maximum atomic E-state index is 3.23. The zero-order chi connectivity index (χ0) is 12.7. The van der Waals surface area contributed by atoms with E-state index in [1.165, 1.54) is 11.1 Å². The molecule has 0 N–H and O–H groups in total. The van der Waals surface area contributed by atoms with Crippen LogP contribution in [0.3, 0.4) is 0 Å². The molecule has 92 valence electrons. The Labute approximate surface area is 106 Å². The van der Waals surface area contributed by atoms with Crippen molar-refractivity contribution in [3.8, 4) is 11.8 Å². The molecule has 0 radical (unpaired) electrons. The van der Waals surface area contributed by atoms with Gasteiger partial charge in [-0.2, -0.15) is 0 Å². The third-order valence-corrected chi connectivity index (χ3v) is 2.86. The predicted octanol–water partition coefficient (Wildman–Crippen LogP) is 4.72. The molecule has 0 nitrogen and oxygen atoms in total. The molecule has 0 spiro atoms. The highest BCUT2D eigenvalue weighted by Gasteiger charge is 2.12. The van der Waals surface area contributed by atoms with Gasteiger partial charge < -0.3 is 0 Å². The Hall–Kier alpha value is -1.22. The van der Waals surface area contributed by atoms with Gasteiger partial charge in [-0.25, -0.2) is 0 Å². The van der Waals surface area contributed by atoms with Gasteiger partial charge in [0.05, 0.1) is 0 Å². The predicted molar refractivity (Wildman–Crippen MR) is 76.1 cm³/mol. The van der Waals surface area contributed by atoms with E-state index in [-0.39, 0.29) is 5.41 Å². The molecule has 0 unspecified atom stereocenters. The Balaban J connectivity index is 2.50. The minimum absolute atomic E-state index is 0.249. The fraction of sp³-hybridized carbons (Fsp3) is 0.529. The Morgan fingerprint density at radius 3 is 2.06 bits per heavy atom. The summed E-state index contributed by atoms with van der Waals surface area (Å²) in [6, 6.07) is 8.97. The number of rotatable bonds is 3. The highest BCUT2D eigenvalue weighted by atomic mass is 14.2. The van der Waals surface area contributed by atoms with Crippen LogP contribution < -0.4 is 0 Å². The second kappa shape index (κ2) is 6.50. The summed E-state index contributed by atoms with van der Waals surface area (Å²) in [5.41, 5.74) is 3.04. The maximum Gasteiger partial charge on any atom is 0.0129 e. The van der Waals surface area contributed by atoms with Gasteiger partial charge in [-0.15, -0.1) is 11.8 Å². The summed E-state index contributed by atoms with van der Waals surface area (Å²) >= 11 is 0. The SMILES string of the molecule is CCCC#CCCc1ccc(C(C)(C)C)cc1. The van der Waals surface area contributed by atoms with E-state index in [1.54, 1.807) is 0 Å². The molecule has 0 saturated carbocycles. The molecular formula is C17H24. The fourth-order valence-corrected chi connectivity index (χ4v) is 1.68. The van der Waals surface area contributed by atoms with Gasteiger partial charge in [0.15, 0.2) is 0 Å². The quantitative estimate of drug-likeness (QED) is 0.657. The van der Waals surface area contributed by atoms with Crippen molar-refractivity contribution >= 4 is 0 Å². The number of hydrogen-bond acceptors (Lipinski definition) is 0. The van der Waals surface area contributed by atoms with E-state index >= 15 is 0 Å². The van der Waals surface area contributed by atoms with E-state index in [0.29, 0.717) is 0 Å². The highest BCUT2D eigenvalue weighted by molar-refractivity contribution is 5.27. The Kier molecular flexibility index (Phi) is 5.29. The molecular weight excluding hydrogens is 204 g/mol. The second-order valence-corrected chi connectivity index (χ2v) is 5.55. The van der Waals surface area contributed by atoms with Crippen LogP contribution in [0, 0.1) is 11.8 Å². The topological polar surface area (TPSA) is 0 Å². The van der Waals surface area contributed by atoms with E-state index in [2.05, 4.69) is 63.8 Å². The molecule has 0 saturated heterocycles. The number of unbranched alkanes of at least 4 members (excludes halogenated alkanes) is 1. The van der Waals surface area contributed by atoms with Gasteiger partial charge in [0.25, 0.3) is 0 Å². The number of hydrogen-bond donors (Lipinski definition) is 0. The van der Waals surface area contributed by atoms with Crippen LogP contribution in [0.4, 0.5) is 0 Å². The zero-order valence-electron chi connectivity index (χ0n) is 11.6. The van der Waals surface area contributed by atoms with Crippen molar-refractivity contribution in [2.75, 3.05) is 0 Å². The van der Waals surface area contributed by atoms with Gasteiger partial charge in [0.1, 0.15) is 0 Å². The van der Waals surface area contributed by atoms with Crippen molar-refractivity contribution in [1.29, 1.82) is 0 Å². The average molecular weight is 228 g/mol. The largest absolute Gasteiger partial charge is 0.103 e. The van der Waals surface area contributed by atoms with Crippen molar-refractivity contribution in [2.45, 2.75) is 58.8 Å². The highest BCUT2D eigenvalue weighted by Crippen LogP contribution is 2.22. The van der Waals surface area contributed by atoms with E-state index in [0.717, 1.165) is 25.7 Å². The first-order valence-corrected chi connectivity index (χ1v) is 6.59. The average Bonchev–Trinajstić information content (AvgIpc) is 2.28. The molecule has 1 rings (SSSR count). The summed E-state index contributed by atoms with van der Waals surface area (Å²) in [5.74, 6) is 6.42. The molecule has 0 fully saturated rings. The summed E-state index contributed by atoms with van der Waals surface area (Å²) in [7, 11) is 0. The fourth-order valence-electron chi connectivity index (χ4n) is 1.68. The maximum absolute atomic E-state index is 3.23. The lowest BCUT2D eigenvalue weighted by Gasteiger charge is -2.19. The van der Waals surface area contributed by atoms with E-state index in [9.17, 15) is 0 Å². The lowest BCUT2D eigenvalue weighted by Crippen LogP contribution is -2.10. The van der Waals surface area contributed by atoms with E-state index < -0.39 is 0 Å². The molecule has 0 amide bonds. The summed E-state index contributed by atoms with van der Waals surface area (Å²) in [4.78, 5) is 0. The molecule has 0 aliphatic rings. The van der Waals surface area contributed by atoms with Crippen LogP contribution in [0.25, 0.3) is 0 Å². The zero-order valence-corrected chi connectivity index (χ0v) is 11.6. The third kappa shape index (κ3) is 5.09. The second-order valence-electron chi connectivity index (χ2n) is 5.55. The van der Waals surface area contributed by atoms with Crippen LogP contribution in [0.1, 0.15) is 58.1 Å². The van der Waals surface area contributed by atoms with Crippen molar-refractivity contribution < 1.29 is 0 Å². The van der Waals surface area contributed by atoms with Gasteiger partial charge in [-0.05, 0) is 29.4 Å². The van der Waals surface area contributed by atoms with Crippen LogP contribution in [-0.2, 0) is 11.8 Å².